The van der Waals surface area contributed by atoms with E-state index in [1.807, 2.05) is 49.4 Å². The molecule has 1 heterocycles. The van der Waals surface area contributed by atoms with Gasteiger partial charge in [-0.05, 0) is 36.6 Å². The molecule has 0 radical (unpaired) electrons. The quantitative estimate of drug-likeness (QED) is 0.749. The molecule has 0 spiro atoms. The van der Waals surface area contributed by atoms with Gasteiger partial charge in [-0.15, -0.1) is 0 Å². The van der Waals surface area contributed by atoms with E-state index in [0.717, 1.165) is 17.4 Å². The normalized spacial score (nSPS) is 13.9. The van der Waals surface area contributed by atoms with E-state index in [1.54, 1.807) is 12.4 Å². The second-order valence-corrected chi connectivity index (χ2v) is 4.43. The number of carbonyl (C=O) groups is 1. The molecule has 0 aliphatic rings. The summed E-state index contributed by atoms with van der Waals surface area (Å²) in [5.41, 5.74) is 1.70. The van der Waals surface area contributed by atoms with Gasteiger partial charge in [-0.1, -0.05) is 30.3 Å². The number of pyridine rings is 1. The molecule has 0 saturated heterocycles. The predicted octanol–water partition coefficient (Wildman–Crippen LogP) is 2.78. The summed E-state index contributed by atoms with van der Waals surface area (Å²) in [4.78, 5) is 15.4. The molecule has 0 aliphatic carbocycles. The van der Waals surface area contributed by atoms with Crippen LogP contribution in [0, 0.1) is 0 Å². The Hall–Kier alpha value is -1.96. The van der Waals surface area contributed by atoms with Crippen molar-refractivity contribution in [3.63, 3.8) is 0 Å². The van der Waals surface area contributed by atoms with Crippen LogP contribution in [0.4, 0.5) is 0 Å². The smallest absolute Gasteiger partial charge is 0.130 e. The zero-order chi connectivity index (χ0) is 12.1. The van der Waals surface area contributed by atoms with Gasteiger partial charge in [0.25, 0.3) is 0 Å². The number of rotatable bonds is 4. The lowest BCUT2D eigenvalue weighted by Crippen LogP contribution is -2.26. The van der Waals surface area contributed by atoms with E-state index in [0.29, 0.717) is 6.42 Å². The summed E-state index contributed by atoms with van der Waals surface area (Å²) in [5.74, 6) is 0. The summed E-state index contributed by atoms with van der Waals surface area (Å²) < 4.78 is 0. The molecule has 0 amide bonds. The average Bonchev–Trinajstić information content (AvgIpc) is 2.41. The minimum Gasteiger partial charge on any atom is -0.302 e. The Labute approximate surface area is 101 Å². The number of hydrogen-bond donors (Lipinski definition) is 0. The van der Waals surface area contributed by atoms with E-state index in [4.69, 9.17) is 0 Å². The largest absolute Gasteiger partial charge is 0.302 e. The van der Waals surface area contributed by atoms with Crippen LogP contribution >= 0.6 is 0 Å². The van der Waals surface area contributed by atoms with Crippen molar-refractivity contribution in [2.75, 3.05) is 0 Å². The first-order chi connectivity index (χ1) is 8.24. The fourth-order valence-corrected chi connectivity index (χ4v) is 1.96. The van der Waals surface area contributed by atoms with E-state index in [9.17, 15) is 4.79 Å². The van der Waals surface area contributed by atoms with Crippen LogP contribution in [0.15, 0.2) is 54.9 Å². The van der Waals surface area contributed by atoms with Crippen molar-refractivity contribution in [1.29, 1.82) is 0 Å². The van der Waals surface area contributed by atoms with Crippen LogP contribution in [0.2, 0.25) is 0 Å². The maximum atomic E-state index is 11.4. The van der Waals surface area contributed by atoms with Gasteiger partial charge in [-0.25, -0.2) is 0 Å². The Morgan fingerprint density at radius 3 is 2.35 bits per heavy atom. The lowest BCUT2D eigenvalue weighted by Gasteiger charge is -2.23. The summed E-state index contributed by atoms with van der Waals surface area (Å²) in [7, 11) is 0. The highest BCUT2D eigenvalue weighted by molar-refractivity contribution is 5.68. The second-order valence-electron chi connectivity index (χ2n) is 4.43. The molecular formula is C15H15NO. The van der Waals surface area contributed by atoms with E-state index in [-0.39, 0.29) is 0 Å². The number of aromatic nitrogens is 1. The standard InChI is InChI=1S/C15H15NO/c1-15(12-17,14-5-3-2-4-6-14)11-13-7-9-16-10-8-13/h2-10,12H,11H2,1H3. The Morgan fingerprint density at radius 1 is 1.12 bits per heavy atom. The molecule has 1 atom stereocenters. The Morgan fingerprint density at radius 2 is 1.76 bits per heavy atom. The van der Waals surface area contributed by atoms with Gasteiger partial charge < -0.3 is 4.79 Å². The molecule has 86 valence electrons. The monoisotopic (exact) mass is 225 g/mol. The first-order valence-corrected chi connectivity index (χ1v) is 5.65. The van der Waals surface area contributed by atoms with Crippen LogP contribution < -0.4 is 0 Å². The molecular weight excluding hydrogens is 210 g/mol. The summed E-state index contributed by atoms with van der Waals surface area (Å²) in [6.45, 7) is 1.97. The molecule has 17 heavy (non-hydrogen) atoms. The Kier molecular flexibility index (Phi) is 3.33. The number of benzene rings is 1. The second kappa shape index (κ2) is 4.91. The van der Waals surface area contributed by atoms with E-state index in [1.165, 1.54) is 0 Å². The van der Waals surface area contributed by atoms with Gasteiger partial charge in [0.1, 0.15) is 6.29 Å². The maximum absolute atomic E-state index is 11.4. The summed E-state index contributed by atoms with van der Waals surface area (Å²) in [6, 6.07) is 13.8. The SMILES string of the molecule is CC(C=O)(Cc1ccncc1)c1ccccc1. The molecule has 1 aromatic carbocycles. The van der Waals surface area contributed by atoms with Crippen molar-refractivity contribution in [2.24, 2.45) is 0 Å². The number of aldehydes is 1. The van der Waals surface area contributed by atoms with Crippen LogP contribution in [0.3, 0.4) is 0 Å². The minimum atomic E-state index is -0.470. The van der Waals surface area contributed by atoms with Crippen molar-refractivity contribution in [3.8, 4) is 0 Å². The Balaban J connectivity index is 2.30. The van der Waals surface area contributed by atoms with Crippen LogP contribution in [0.25, 0.3) is 0 Å². The lowest BCUT2D eigenvalue weighted by molar-refractivity contribution is -0.112. The van der Waals surface area contributed by atoms with Crippen LogP contribution in [-0.4, -0.2) is 11.3 Å². The third-order valence-corrected chi connectivity index (χ3v) is 3.01. The number of carbonyl (C=O) groups excluding carboxylic acids is 1. The highest BCUT2D eigenvalue weighted by Gasteiger charge is 2.26. The van der Waals surface area contributed by atoms with Gasteiger partial charge in [-0.3, -0.25) is 4.98 Å². The highest BCUT2D eigenvalue weighted by atomic mass is 16.1. The zero-order valence-electron chi connectivity index (χ0n) is 9.84. The molecule has 0 saturated carbocycles. The van der Waals surface area contributed by atoms with Gasteiger partial charge in [0, 0.05) is 12.4 Å². The predicted molar refractivity (Wildman–Crippen MR) is 67.8 cm³/mol. The maximum Gasteiger partial charge on any atom is 0.130 e. The van der Waals surface area contributed by atoms with Gasteiger partial charge in [0.05, 0.1) is 5.41 Å². The van der Waals surface area contributed by atoms with Crippen LogP contribution in [-0.2, 0) is 16.6 Å². The van der Waals surface area contributed by atoms with Crippen LogP contribution in [0.1, 0.15) is 18.1 Å². The fraction of sp³-hybridized carbons (Fsp3) is 0.200. The third-order valence-electron chi connectivity index (χ3n) is 3.01. The van der Waals surface area contributed by atoms with Gasteiger partial charge >= 0.3 is 0 Å². The molecule has 2 rings (SSSR count). The van der Waals surface area contributed by atoms with Crippen molar-refractivity contribution >= 4 is 6.29 Å². The summed E-state index contributed by atoms with van der Waals surface area (Å²) in [5, 5.41) is 0. The van der Waals surface area contributed by atoms with E-state index < -0.39 is 5.41 Å². The van der Waals surface area contributed by atoms with E-state index in [2.05, 4.69) is 4.98 Å². The van der Waals surface area contributed by atoms with Crippen molar-refractivity contribution in [2.45, 2.75) is 18.8 Å². The molecule has 0 bridgehead atoms. The first kappa shape index (κ1) is 11.5. The van der Waals surface area contributed by atoms with Gasteiger partial charge in [0.2, 0.25) is 0 Å². The highest BCUT2D eigenvalue weighted by Crippen LogP contribution is 2.25. The molecule has 2 aromatic rings. The molecule has 0 N–H and O–H groups in total. The van der Waals surface area contributed by atoms with Gasteiger partial charge in [-0.2, -0.15) is 0 Å². The fourth-order valence-electron chi connectivity index (χ4n) is 1.96. The minimum absolute atomic E-state index is 0.470. The number of hydrogen-bond acceptors (Lipinski definition) is 2. The van der Waals surface area contributed by atoms with E-state index >= 15 is 0 Å². The molecule has 1 aromatic heterocycles. The van der Waals surface area contributed by atoms with Crippen molar-refractivity contribution < 1.29 is 4.79 Å². The average molecular weight is 225 g/mol. The molecule has 0 aliphatic heterocycles. The third kappa shape index (κ3) is 2.59. The zero-order valence-corrected chi connectivity index (χ0v) is 9.84. The summed E-state index contributed by atoms with van der Waals surface area (Å²) in [6.07, 6.45) is 5.24. The molecule has 0 fully saturated rings. The van der Waals surface area contributed by atoms with Crippen LogP contribution in [0.5, 0.6) is 0 Å². The van der Waals surface area contributed by atoms with Crippen molar-refractivity contribution in [1.82, 2.24) is 4.98 Å². The topological polar surface area (TPSA) is 30.0 Å². The summed E-state index contributed by atoms with van der Waals surface area (Å²) >= 11 is 0. The van der Waals surface area contributed by atoms with Crippen molar-refractivity contribution in [3.05, 3.63) is 66.0 Å². The molecule has 2 heteroatoms. The first-order valence-electron chi connectivity index (χ1n) is 5.65. The van der Waals surface area contributed by atoms with Gasteiger partial charge in [0.15, 0.2) is 0 Å². The number of nitrogens with zero attached hydrogens (tertiary/aromatic N) is 1. The molecule has 1 unspecified atom stereocenters. The molecule has 2 nitrogen and oxygen atoms in total. The Bertz CT molecular complexity index is 481. The lowest BCUT2D eigenvalue weighted by atomic mass is 9.79.